The summed E-state index contributed by atoms with van der Waals surface area (Å²) >= 11 is -1.97. The van der Waals surface area contributed by atoms with E-state index in [4.69, 9.17) is 9.29 Å². The van der Waals surface area contributed by atoms with E-state index in [1.807, 2.05) is 12.1 Å². The zero-order valence-electron chi connectivity index (χ0n) is 15.1. The van der Waals surface area contributed by atoms with E-state index in [0.717, 1.165) is 5.75 Å². The molecule has 0 spiro atoms. The lowest BCUT2D eigenvalue weighted by atomic mass is 9.78. The number of rotatable bonds is 5. The maximum atomic E-state index is 11.0. The molecule has 0 bridgehead atoms. The Hall–Kier alpha value is -2.43. The van der Waals surface area contributed by atoms with Crippen molar-refractivity contribution in [3.63, 3.8) is 0 Å². The minimum Gasteiger partial charge on any atom is -0.457 e. The summed E-state index contributed by atoms with van der Waals surface area (Å²) in [4.78, 5) is 0.354. The van der Waals surface area contributed by atoms with E-state index in [1.54, 1.807) is 24.3 Å². The maximum absolute atomic E-state index is 11.0. The fourth-order valence-electron chi connectivity index (χ4n) is 2.84. The molecule has 3 aromatic rings. The molecule has 0 saturated carbocycles. The van der Waals surface area contributed by atoms with Crippen LogP contribution in [0.2, 0.25) is 0 Å². The zero-order valence-corrected chi connectivity index (χ0v) is 15.9. The summed E-state index contributed by atoms with van der Waals surface area (Å²) in [6, 6.07) is 23.2. The quantitative estimate of drug-likeness (QED) is 0.590. The van der Waals surface area contributed by atoms with Crippen LogP contribution in [-0.4, -0.2) is 8.76 Å². The molecule has 3 aromatic carbocycles. The van der Waals surface area contributed by atoms with Crippen LogP contribution >= 0.6 is 0 Å². The molecule has 0 fully saturated rings. The van der Waals surface area contributed by atoms with Gasteiger partial charge in [0.2, 0.25) is 0 Å². The topological polar surface area (TPSA) is 46.5 Å². The third-order valence-corrected chi connectivity index (χ3v) is 5.29. The number of benzene rings is 3. The summed E-state index contributed by atoms with van der Waals surface area (Å²) in [7, 11) is 0. The summed E-state index contributed by atoms with van der Waals surface area (Å²) in [5.41, 5.74) is 3.63. The van der Waals surface area contributed by atoms with Crippen molar-refractivity contribution in [1.82, 2.24) is 0 Å². The van der Waals surface area contributed by atoms with Crippen LogP contribution in [0.5, 0.6) is 11.5 Å². The summed E-state index contributed by atoms with van der Waals surface area (Å²) in [6.07, 6.45) is 0. The highest BCUT2D eigenvalue weighted by Crippen LogP contribution is 2.33. The second kappa shape index (κ2) is 7.44. The number of aryl methyl sites for hydroxylation is 1. The van der Waals surface area contributed by atoms with Crippen LogP contribution in [0.15, 0.2) is 77.7 Å². The molecule has 1 N–H and O–H groups in total. The molecule has 134 valence electrons. The van der Waals surface area contributed by atoms with Crippen molar-refractivity contribution in [2.45, 2.75) is 31.1 Å². The molecule has 0 amide bonds. The molecule has 1 unspecified atom stereocenters. The van der Waals surface area contributed by atoms with Crippen molar-refractivity contribution in [3.05, 3.63) is 89.5 Å². The lowest BCUT2D eigenvalue weighted by Gasteiger charge is -2.26. The van der Waals surface area contributed by atoms with Gasteiger partial charge < -0.3 is 9.29 Å². The third-order valence-electron chi connectivity index (χ3n) is 4.61. The number of hydrogen-bond donors (Lipinski definition) is 1. The molecule has 1 atom stereocenters. The maximum Gasteiger partial charge on any atom is 0.186 e. The van der Waals surface area contributed by atoms with Gasteiger partial charge in [-0.2, -0.15) is 0 Å². The van der Waals surface area contributed by atoms with Crippen LogP contribution in [0.25, 0.3) is 0 Å². The molecule has 0 saturated heterocycles. The molecule has 0 aliphatic heterocycles. The van der Waals surface area contributed by atoms with Crippen molar-refractivity contribution < 1.29 is 13.5 Å². The van der Waals surface area contributed by atoms with Gasteiger partial charge in [0.05, 0.1) is 4.90 Å². The lowest BCUT2D eigenvalue weighted by molar-refractivity contribution is 0.481. The van der Waals surface area contributed by atoms with Gasteiger partial charge in [-0.25, -0.2) is 4.21 Å². The SMILES string of the molecule is Cc1ccc(C(C)(C)c2ccc(Oc3ccc(S(=O)O)cc3)cc2)cc1. The molecular formula is C22H22O3S. The smallest absolute Gasteiger partial charge is 0.186 e. The molecule has 0 heterocycles. The molecule has 0 aliphatic carbocycles. The minimum atomic E-state index is -1.97. The first-order chi connectivity index (χ1) is 12.4. The Morgan fingerprint density at radius 2 is 1.19 bits per heavy atom. The summed E-state index contributed by atoms with van der Waals surface area (Å²) in [5.74, 6) is 1.36. The van der Waals surface area contributed by atoms with E-state index in [9.17, 15) is 4.21 Å². The van der Waals surface area contributed by atoms with Crippen molar-refractivity contribution in [2.24, 2.45) is 0 Å². The molecule has 3 nitrogen and oxygen atoms in total. The second-order valence-electron chi connectivity index (χ2n) is 6.84. The van der Waals surface area contributed by atoms with E-state index in [0.29, 0.717) is 10.6 Å². The average Bonchev–Trinajstić information content (AvgIpc) is 2.63. The first kappa shape index (κ1) is 18.4. The van der Waals surface area contributed by atoms with Crippen LogP contribution in [-0.2, 0) is 16.5 Å². The Bertz CT molecular complexity index is 896. The highest BCUT2D eigenvalue weighted by molar-refractivity contribution is 7.79. The summed E-state index contributed by atoms with van der Waals surface area (Å²) < 4.78 is 25.9. The standard InChI is InChI=1S/C22H22O3S/c1-16-4-6-17(7-5-16)22(2,3)18-8-10-19(11-9-18)25-20-12-14-21(15-13-20)26(23)24/h4-15H,1-3H3,(H,23,24). The molecule has 0 radical (unpaired) electrons. The first-order valence-corrected chi connectivity index (χ1v) is 9.53. The molecule has 0 aromatic heterocycles. The van der Waals surface area contributed by atoms with Gasteiger partial charge in [0, 0.05) is 5.41 Å². The van der Waals surface area contributed by atoms with E-state index in [2.05, 4.69) is 57.2 Å². The normalized spacial score (nSPS) is 12.6. The molecule has 3 rings (SSSR count). The Kier molecular flexibility index (Phi) is 5.25. The van der Waals surface area contributed by atoms with E-state index >= 15 is 0 Å². The van der Waals surface area contributed by atoms with Crippen molar-refractivity contribution in [2.75, 3.05) is 0 Å². The molecule has 4 heteroatoms. The van der Waals surface area contributed by atoms with Gasteiger partial charge in [0.25, 0.3) is 0 Å². The van der Waals surface area contributed by atoms with Crippen molar-refractivity contribution >= 4 is 11.1 Å². The van der Waals surface area contributed by atoms with E-state index in [-0.39, 0.29) is 5.41 Å². The van der Waals surface area contributed by atoms with Crippen LogP contribution in [0, 0.1) is 6.92 Å². The minimum absolute atomic E-state index is 0.0981. The van der Waals surface area contributed by atoms with Gasteiger partial charge in [0.1, 0.15) is 11.5 Å². The Morgan fingerprint density at radius 3 is 1.65 bits per heavy atom. The van der Waals surface area contributed by atoms with Gasteiger partial charge in [0.15, 0.2) is 11.1 Å². The van der Waals surface area contributed by atoms with Crippen LogP contribution in [0.3, 0.4) is 0 Å². The molecular weight excluding hydrogens is 344 g/mol. The Morgan fingerprint density at radius 1 is 0.769 bits per heavy atom. The highest BCUT2D eigenvalue weighted by Gasteiger charge is 2.22. The van der Waals surface area contributed by atoms with Gasteiger partial charge in [-0.15, -0.1) is 0 Å². The van der Waals surface area contributed by atoms with E-state index in [1.165, 1.54) is 16.7 Å². The second-order valence-corrected chi connectivity index (χ2v) is 7.81. The fourth-order valence-corrected chi connectivity index (χ4v) is 3.21. The van der Waals surface area contributed by atoms with Gasteiger partial charge in [-0.05, 0) is 54.4 Å². The van der Waals surface area contributed by atoms with Crippen molar-refractivity contribution in [1.29, 1.82) is 0 Å². The largest absolute Gasteiger partial charge is 0.457 e. The fraction of sp³-hybridized carbons (Fsp3) is 0.182. The average molecular weight is 366 g/mol. The summed E-state index contributed by atoms with van der Waals surface area (Å²) in [6.45, 7) is 6.51. The number of hydrogen-bond acceptors (Lipinski definition) is 2. The first-order valence-electron chi connectivity index (χ1n) is 8.43. The number of ether oxygens (including phenoxy) is 1. The summed E-state index contributed by atoms with van der Waals surface area (Å²) in [5, 5.41) is 0. The van der Waals surface area contributed by atoms with Gasteiger partial charge in [-0.3, -0.25) is 0 Å². The van der Waals surface area contributed by atoms with E-state index < -0.39 is 11.1 Å². The predicted octanol–water partition coefficient (Wildman–Crippen LogP) is 5.69. The predicted molar refractivity (Wildman–Crippen MR) is 105 cm³/mol. The highest BCUT2D eigenvalue weighted by atomic mass is 32.2. The third kappa shape index (κ3) is 4.03. The van der Waals surface area contributed by atoms with Crippen molar-refractivity contribution in [3.8, 4) is 11.5 Å². The Balaban J connectivity index is 1.77. The lowest BCUT2D eigenvalue weighted by Crippen LogP contribution is -2.18. The monoisotopic (exact) mass is 366 g/mol. The molecule has 0 aliphatic rings. The van der Waals surface area contributed by atoms with Crippen LogP contribution in [0.1, 0.15) is 30.5 Å². The van der Waals surface area contributed by atoms with Crippen LogP contribution in [0.4, 0.5) is 0 Å². The Labute approximate surface area is 156 Å². The van der Waals surface area contributed by atoms with Gasteiger partial charge in [-0.1, -0.05) is 55.8 Å². The zero-order chi connectivity index (χ0) is 18.7. The molecule has 26 heavy (non-hydrogen) atoms. The van der Waals surface area contributed by atoms with Crippen LogP contribution < -0.4 is 4.74 Å². The van der Waals surface area contributed by atoms with Gasteiger partial charge >= 0.3 is 0 Å².